The van der Waals surface area contributed by atoms with E-state index in [0.717, 1.165) is 12.8 Å². The summed E-state index contributed by atoms with van der Waals surface area (Å²) >= 11 is 0. The molecule has 2 fully saturated rings. The van der Waals surface area contributed by atoms with Crippen LogP contribution in [0, 0.1) is 0 Å². The Labute approximate surface area is 309 Å². The average molecular weight is 748 g/mol. The zero-order valence-corrected chi connectivity index (χ0v) is 31.3. The van der Waals surface area contributed by atoms with Crippen molar-refractivity contribution in [1.29, 1.82) is 0 Å². The molecule has 52 heavy (non-hydrogen) atoms. The van der Waals surface area contributed by atoms with Gasteiger partial charge in [-0.1, -0.05) is 108 Å². The fourth-order valence-electron chi connectivity index (χ4n) is 6.46. The molecule has 0 saturated carbocycles. The van der Waals surface area contributed by atoms with E-state index in [0.29, 0.717) is 6.42 Å². The van der Waals surface area contributed by atoms with Crippen LogP contribution >= 0.6 is 0 Å². The smallest absolute Gasteiger partial charge is 0.217 e. The van der Waals surface area contributed by atoms with Crippen LogP contribution in [-0.2, 0) is 23.7 Å². The third-order valence-corrected chi connectivity index (χ3v) is 9.68. The van der Waals surface area contributed by atoms with Crippen molar-refractivity contribution in [2.45, 2.75) is 190 Å². The third kappa shape index (κ3) is 16.9. The standard InChI is InChI=1S/C38H69NO13/c1-3-4-5-6-7-8-9-10-11-12-13-14-15-16-17-18-19-20-21-22-28(43)27(39-26(2)42)25-49-37-35(48)33(46)36(30(24-41)51-37)52-38-34(47)32(45)31(44)29(23-40)50-38/h17-18,21-22,27-38,40-41,43-48H,3-16,19-20,23-25H2,1-2H3,(H,39,42)/b18-17+,22-21+. The lowest BCUT2D eigenvalue weighted by atomic mass is 9.97. The average Bonchev–Trinajstić information content (AvgIpc) is 3.13. The van der Waals surface area contributed by atoms with Crippen molar-refractivity contribution >= 4 is 5.91 Å². The third-order valence-electron chi connectivity index (χ3n) is 9.68. The Morgan fingerprint density at radius 2 is 1.19 bits per heavy atom. The van der Waals surface area contributed by atoms with E-state index in [2.05, 4.69) is 24.4 Å². The predicted octanol–water partition coefficient (Wildman–Crippen LogP) is 1.87. The molecule has 0 aromatic carbocycles. The molecular formula is C38H69NO13. The number of hydrogen-bond donors (Lipinski definition) is 9. The summed E-state index contributed by atoms with van der Waals surface area (Å²) in [6.45, 7) is 1.78. The molecule has 2 aliphatic heterocycles. The summed E-state index contributed by atoms with van der Waals surface area (Å²) in [4.78, 5) is 11.9. The summed E-state index contributed by atoms with van der Waals surface area (Å²) in [5, 5.41) is 84.7. The minimum atomic E-state index is -1.78. The minimum Gasteiger partial charge on any atom is -0.394 e. The monoisotopic (exact) mass is 747 g/mol. The van der Waals surface area contributed by atoms with Crippen molar-refractivity contribution in [2.24, 2.45) is 0 Å². The van der Waals surface area contributed by atoms with E-state index < -0.39 is 92.7 Å². The highest BCUT2D eigenvalue weighted by molar-refractivity contribution is 5.73. The maximum absolute atomic E-state index is 11.9. The number of rotatable bonds is 27. The van der Waals surface area contributed by atoms with Crippen molar-refractivity contribution in [3.05, 3.63) is 24.3 Å². The zero-order chi connectivity index (χ0) is 38.3. The Hall–Kier alpha value is -1.53. The Morgan fingerprint density at radius 3 is 1.77 bits per heavy atom. The highest BCUT2D eigenvalue weighted by Gasteiger charge is 2.50. The summed E-state index contributed by atoms with van der Waals surface area (Å²) in [5.41, 5.74) is 0. The van der Waals surface area contributed by atoms with E-state index in [1.807, 2.05) is 6.08 Å². The van der Waals surface area contributed by atoms with Crippen LogP contribution in [-0.4, -0.2) is 140 Å². The van der Waals surface area contributed by atoms with E-state index in [9.17, 15) is 45.6 Å². The van der Waals surface area contributed by atoms with Gasteiger partial charge in [0.25, 0.3) is 0 Å². The fourth-order valence-corrected chi connectivity index (χ4v) is 6.46. The lowest BCUT2D eigenvalue weighted by Crippen LogP contribution is -2.65. The van der Waals surface area contributed by atoms with Gasteiger partial charge in [0.05, 0.1) is 32.0 Å². The normalized spacial score (nSPS) is 31.0. The number of carbonyl (C=O) groups excluding carboxylic acids is 1. The van der Waals surface area contributed by atoms with Crippen LogP contribution in [0.1, 0.15) is 117 Å². The Morgan fingerprint density at radius 1 is 0.673 bits per heavy atom. The van der Waals surface area contributed by atoms with Crippen LogP contribution in [0.15, 0.2) is 24.3 Å². The van der Waals surface area contributed by atoms with Crippen LogP contribution < -0.4 is 5.32 Å². The molecule has 0 aromatic rings. The maximum Gasteiger partial charge on any atom is 0.217 e. The topological polar surface area (TPSA) is 228 Å². The van der Waals surface area contributed by atoms with Crippen molar-refractivity contribution in [2.75, 3.05) is 19.8 Å². The summed E-state index contributed by atoms with van der Waals surface area (Å²) in [6, 6.07) is -0.927. The Kier molecular flexibility index (Phi) is 24.3. The summed E-state index contributed by atoms with van der Waals surface area (Å²) in [7, 11) is 0. The molecule has 12 unspecified atom stereocenters. The highest BCUT2D eigenvalue weighted by atomic mass is 16.7. The van der Waals surface area contributed by atoms with Crippen molar-refractivity contribution in [3.63, 3.8) is 0 Å². The van der Waals surface area contributed by atoms with Gasteiger partial charge in [-0.05, 0) is 25.7 Å². The second-order valence-corrected chi connectivity index (χ2v) is 14.1. The van der Waals surface area contributed by atoms with Gasteiger partial charge in [0.15, 0.2) is 12.6 Å². The molecule has 0 aromatic heterocycles. The van der Waals surface area contributed by atoms with Crippen molar-refractivity contribution in [1.82, 2.24) is 5.32 Å². The SMILES string of the molecule is CCCCCCCCCCCCCCC/C=C/CC/C=C/C(O)C(COC1OC(CO)C(OC2OC(CO)C(O)C(O)C2O)C(O)C1O)NC(C)=O. The molecule has 2 heterocycles. The summed E-state index contributed by atoms with van der Waals surface area (Å²) < 4.78 is 22.1. The lowest BCUT2D eigenvalue weighted by Gasteiger charge is -2.46. The first-order valence-corrected chi connectivity index (χ1v) is 19.5. The number of aliphatic hydroxyl groups excluding tert-OH is 8. The van der Waals surface area contributed by atoms with Crippen molar-refractivity contribution < 1.29 is 64.6 Å². The van der Waals surface area contributed by atoms with E-state index in [4.69, 9.17) is 18.9 Å². The van der Waals surface area contributed by atoms with Gasteiger partial charge in [-0.25, -0.2) is 0 Å². The fraction of sp³-hybridized carbons (Fsp3) is 0.868. The minimum absolute atomic E-state index is 0.324. The molecule has 0 radical (unpaired) electrons. The Balaban J connectivity index is 1.71. The molecule has 2 rings (SSSR count). The molecule has 0 bridgehead atoms. The number of ether oxygens (including phenoxy) is 4. The summed E-state index contributed by atoms with van der Waals surface area (Å²) in [5.74, 6) is -0.427. The maximum atomic E-state index is 11.9. The van der Waals surface area contributed by atoms with Crippen LogP contribution in [0.3, 0.4) is 0 Å². The Bertz CT molecular complexity index is 983. The number of carbonyl (C=O) groups is 1. The van der Waals surface area contributed by atoms with E-state index >= 15 is 0 Å². The molecule has 0 spiro atoms. The molecule has 14 heteroatoms. The molecule has 12 atom stereocenters. The molecule has 14 nitrogen and oxygen atoms in total. The van der Waals surface area contributed by atoms with Crippen LogP contribution in [0.5, 0.6) is 0 Å². The molecule has 2 aliphatic rings. The van der Waals surface area contributed by atoms with E-state index in [-0.39, 0.29) is 6.61 Å². The van der Waals surface area contributed by atoms with E-state index in [1.165, 1.54) is 90.4 Å². The lowest BCUT2D eigenvalue weighted by molar-refractivity contribution is -0.359. The molecular weight excluding hydrogens is 678 g/mol. The number of hydrogen-bond acceptors (Lipinski definition) is 13. The number of amides is 1. The number of unbranched alkanes of at least 4 members (excludes halogenated alkanes) is 14. The largest absolute Gasteiger partial charge is 0.394 e. The van der Waals surface area contributed by atoms with Gasteiger partial charge in [-0.3, -0.25) is 4.79 Å². The zero-order valence-electron chi connectivity index (χ0n) is 31.3. The predicted molar refractivity (Wildman–Crippen MR) is 194 cm³/mol. The van der Waals surface area contributed by atoms with E-state index in [1.54, 1.807) is 6.08 Å². The van der Waals surface area contributed by atoms with Crippen molar-refractivity contribution in [3.8, 4) is 0 Å². The van der Waals surface area contributed by atoms with Gasteiger partial charge in [-0.15, -0.1) is 0 Å². The summed E-state index contributed by atoms with van der Waals surface area (Å²) in [6.07, 6.45) is 10.6. The van der Waals surface area contributed by atoms with Gasteiger partial charge in [0.1, 0.15) is 48.8 Å². The van der Waals surface area contributed by atoms with Gasteiger partial charge >= 0.3 is 0 Å². The van der Waals surface area contributed by atoms with Gasteiger partial charge in [0.2, 0.25) is 5.91 Å². The molecule has 1 amide bonds. The first-order chi connectivity index (χ1) is 25.0. The van der Waals surface area contributed by atoms with Crippen LogP contribution in [0.4, 0.5) is 0 Å². The number of nitrogens with one attached hydrogen (secondary N) is 1. The van der Waals surface area contributed by atoms with Crippen LogP contribution in [0.2, 0.25) is 0 Å². The molecule has 304 valence electrons. The quantitative estimate of drug-likeness (QED) is 0.0433. The van der Waals surface area contributed by atoms with Crippen LogP contribution in [0.25, 0.3) is 0 Å². The number of allylic oxidation sites excluding steroid dienone is 3. The molecule has 2 saturated heterocycles. The molecule has 0 aliphatic carbocycles. The highest BCUT2D eigenvalue weighted by Crippen LogP contribution is 2.29. The second-order valence-electron chi connectivity index (χ2n) is 14.1. The second kappa shape index (κ2) is 27.1. The van der Waals surface area contributed by atoms with Gasteiger partial charge in [-0.2, -0.15) is 0 Å². The first-order valence-electron chi connectivity index (χ1n) is 19.5. The van der Waals surface area contributed by atoms with Gasteiger partial charge in [0, 0.05) is 6.92 Å². The number of aliphatic hydroxyl groups is 8. The first kappa shape index (κ1) is 46.6. The van der Waals surface area contributed by atoms with Gasteiger partial charge < -0.3 is 65.1 Å². The molecule has 9 N–H and O–H groups in total.